The summed E-state index contributed by atoms with van der Waals surface area (Å²) in [6, 6.07) is 1.77. The van der Waals surface area contributed by atoms with Crippen LogP contribution in [0.3, 0.4) is 0 Å². The average molecular weight is 238 g/mol. The Morgan fingerprint density at radius 2 is 2.38 bits per heavy atom. The SMILES string of the molecule is O=C(NCc1ccoc1)c1cncc(Cl)n1. The monoisotopic (exact) mass is 237 g/mol. The van der Waals surface area contributed by atoms with E-state index in [1.54, 1.807) is 18.6 Å². The summed E-state index contributed by atoms with van der Waals surface area (Å²) in [5.74, 6) is -0.323. The minimum Gasteiger partial charge on any atom is -0.472 e. The lowest BCUT2D eigenvalue weighted by atomic mass is 10.3. The molecule has 0 aromatic carbocycles. The highest BCUT2D eigenvalue weighted by atomic mass is 35.5. The highest BCUT2D eigenvalue weighted by Crippen LogP contribution is 2.03. The molecule has 1 amide bonds. The predicted octanol–water partition coefficient (Wildman–Crippen LogP) is 1.65. The minimum absolute atomic E-state index is 0.191. The van der Waals surface area contributed by atoms with Crippen molar-refractivity contribution in [3.63, 3.8) is 0 Å². The van der Waals surface area contributed by atoms with Crippen LogP contribution >= 0.6 is 11.6 Å². The highest BCUT2D eigenvalue weighted by Gasteiger charge is 2.07. The summed E-state index contributed by atoms with van der Waals surface area (Å²) in [6.07, 6.45) is 5.83. The van der Waals surface area contributed by atoms with Gasteiger partial charge in [-0.2, -0.15) is 0 Å². The number of nitrogens with one attached hydrogen (secondary N) is 1. The van der Waals surface area contributed by atoms with Crippen molar-refractivity contribution in [2.24, 2.45) is 0 Å². The molecular formula is C10H8ClN3O2. The average Bonchev–Trinajstić information content (AvgIpc) is 2.78. The molecule has 2 aromatic rings. The number of nitrogens with zero attached hydrogens (tertiary/aromatic N) is 2. The fourth-order valence-corrected chi connectivity index (χ4v) is 1.27. The molecule has 16 heavy (non-hydrogen) atoms. The first kappa shape index (κ1) is 10.6. The maximum atomic E-state index is 11.6. The van der Waals surface area contributed by atoms with E-state index in [4.69, 9.17) is 16.0 Å². The molecule has 0 bridgehead atoms. The third kappa shape index (κ3) is 2.58. The van der Waals surface area contributed by atoms with Crippen LogP contribution in [0.1, 0.15) is 16.1 Å². The predicted molar refractivity (Wildman–Crippen MR) is 56.9 cm³/mol. The number of hydrogen-bond acceptors (Lipinski definition) is 4. The van der Waals surface area contributed by atoms with Gasteiger partial charge in [0.15, 0.2) is 0 Å². The molecule has 0 aliphatic rings. The third-order valence-electron chi connectivity index (χ3n) is 1.87. The van der Waals surface area contributed by atoms with Gasteiger partial charge in [0.2, 0.25) is 0 Å². The van der Waals surface area contributed by atoms with Crippen molar-refractivity contribution in [2.45, 2.75) is 6.54 Å². The summed E-state index contributed by atoms with van der Waals surface area (Å²) in [7, 11) is 0. The molecule has 82 valence electrons. The first-order valence-corrected chi connectivity index (χ1v) is 4.90. The molecule has 0 fully saturated rings. The first-order chi connectivity index (χ1) is 7.75. The zero-order valence-electron chi connectivity index (χ0n) is 8.18. The summed E-state index contributed by atoms with van der Waals surface area (Å²) in [4.78, 5) is 19.2. The van der Waals surface area contributed by atoms with Crippen LogP contribution < -0.4 is 5.32 Å². The topological polar surface area (TPSA) is 68.0 Å². The summed E-state index contributed by atoms with van der Waals surface area (Å²) >= 11 is 5.62. The lowest BCUT2D eigenvalue weighted by molar-refractivity contribution is 0.0945. The van der Waals surface area contributed by atoms with Crippen LogP contribution in [-0.4, -0.2) is 15.9 Å². The quantitative estimate of drug-likeness (QED) is 0.882. The molecule has 2 rings (SSSR count). The molecular weight excluding hydrogens is 230 g/mol. The zero-order chi connectivity index (χ0) is 11.4. The van der Waals surface area contributed by atoms with Gasteiger partial charge in [-0.3, -0.25) is 9.78 Å². The molecule has 0 saturated heterocycles. The Morgan fingerprint density at radius 1 is 1.50 bits per heavy atom. The van der Waals surface area contributed by atoms with Gasteiger partial charge in [0.25, 0.3) is 5.91 Å². The molecule has 0 atom stereocenters. The lowest BCUT2D eigenvalue weighted by Crippen LogP contribution is -2.23. The summed E-state index contributed by atoms with van der Waals surface area (Å²) in [5, 5.41) is 2.86. The lowest BCUT2D eigenvalue weighted by Gasteiger charge is -2.02. The van der Waals surface area contributed by atoms with Gasteiger partial charge in [-0.05, 0) is 6.07 Å². The smallest absolute Gasteiger partial charge is 0.271 e. The maximum Gasteiger partial charge on any atom is 0.271 e. The number of carbonyl (C=O) groups is 1. The second-order valence-corrected chi connectivity index (χ2v) is 3.43. The second-order valence-electron chi connectivity index (χ2n) is 3.04. The standard InChI is InChI=1S/C10H8ClN3O2/c11-9-5-12-4-8(14-9)10(15)13-3-7-1-2-16-6-7/h1-2,4-6H,3H2,(H,13,15). The van der Waals surface area contributed by atoms with E-state index in [-0.39, 0.29) is 16.8 Å². The van der Waals surface area contributed by atoms with E-state index in [1.165, 1.54) is 12.4 Å². The maximum absolute atomic E-state index is 11.6. The van der Waals surface area contributed by atoms with E-state index < -0.39 is 0 Å². The van der Waals surface area contributed by atoms with E-state index in [0.29, 0.717) is 6.54 Å². The van der Waals surface area contributed by atoms with Gasteiger partial charge in [0.1, 0.15) is 10.8 Å². The first-order valence-electron chi connectivity index (χ1n) is 4.52. The van der Waals surface area contributed by atoms with Gasteiger partial charge in [-0.25, -0.2) is 4.98 Å². The van der Waals surface area contributed by atoms with Crippen LogP contribution in [-0.2, 0) is 6.54 Å². The number of aromatic nitrogens is 2. The van der Waals surface area contributed by atoms with Gasteiger partial charge < -0.3 is 9.73 Å². The van der Waals surface area contributed by atoms with Gasteiger partial charge in [-0.1, -0.05) is 11.6 Å². The normalized spacial score (nSPS) is 10.1. The number of hydrogen-bond donors (Lipinski definition) is 1. The molecule has 0 aliphatic heterocycles. The van der Waals surface area contributed by atoms with Crippen molar-refractivity contribution in [3.05, 3.63) is 47.4 Å². The fraction of sp³-hybridized carbons (Fsp3) is 0.100. The highest BCUT2D eigenvalue weighted by molar-refractivity contribution is 6.29. The Balaban J connectivity index is 1.98. The van der Waals surface area contributed by atoms with E-state index in [9.17, 15) is 4.79 Å². The molecule has 0 radical (unpaired) electrons. The number of rotatable bonds is 3. The van der Waals surface area contributed by atoms with Gasteiger partial charge >= 0.3 is 0 Å². The molecule has 0 spiro atoms. The summed E-state index contributed by atoms with van der Waals surface area (Å²) in [5.41, 5.74) is 1.07. The minimum atomic E-state index is -0.323. The largest absolute Gasteiger partial charge is 0.472 e. The Kier molecular flexibility index (Phi) is 3.16. The molecule has 1 N–H and O–H groups in total. The van der Waals surface area contributed by atoms with Crippen molar-refractivity contribution in [1.29, 1.82) is 0 Å². The van der Waals surface area contributed by atoms with Crippen LogP contribution in [0.2, 0.25) is 5.15 Å². The van der Waals surface area contributed by atoms with Crippen molar-refractivity contribution >= 4 is 17.5 Å². The van der Waals surface area contributed by atoms with Gasteiger partial charge in [-0.15, -0.1) is 0 Å². The van der Waals surface area contributed by atoms with Crippen molar-refractivity contribution in [1.82, 2.24) is 15.3 Å². The Hall–Kier alpha value is -1.88. The molecule has 0 saturated carbocycles. The summed E-state index contributed by atoms with van der Waals surface area (Å²) in [6.45, 7) is 0.378. The number of furan rings is 1. The van der Waals surface area contributed by atoms with Crippen LogP contribution in [0.4, 0.5) is 0 Å². The van der Waals surface area contributed by atoms with Crippen LogP contribution in [0.25, 0.3) is 0 Å². The van der Waals surface area contributed by atoms with Gasteiger partial charge in [0, 0.05) is 12.1 Å². The van der Waals surface area contributed by atoms with Crippen molar-refractivity contribution < 1.29 is 9.21 Å². The Morgan fingerprint density at radius 3 is 3.06 bits per heavy atom. The van der Waals surface area contributed by atoms with Crippen molar-refractivity contribution in [3.8, 4) is 0 Å². The fourth-order valence-electron chi connectivity index (χ4n) is 1.12. The zero-order valence-corrected chi connectivity index (χ0v) is 8.94. The molecule has 6 heteroatoms. The Labute approximate surface area is 96.5 Å². The van der Waals surface area contributed by atoms with Crippen LogP contribution in [0.15, 0.2) is 35.4 Å². The van der Waals surface area contributed by atoms with Crippen LogP contribution in [0.5, 0.6) is 0 Å². The summed E-state index contributed by atoms with van der Waals surface area (Å²) < 4.78 is 4.87. The van der Waals surface area contributed by atoms with Crippen LogP contribution in [0, 0.1) is 0 Å². The van der Waals surface area contributed by atoms with E-state index in [1.807, 2.05) is 0 Å². The second kappa shape index (κ2) is 4.76. The molecule has 0 aliphatic carbocycles. The number of halogens is 1. The molecule has 2 heterocycles. The molecule has 2 aromatic heterocycles. The molecule has 0 unspecified atom stereocenters. The van der Waals surface area contributed by atoms with Crippen molar-refractivity contribution in [2.75, 3.05) is 0 Å². The molecule has 5 nitrogen and oxygen atoms in total. The third-order valence-corrected chi connectivity index (χ3v) is 2.05. The number of carbonyl (C=O) groups excluding carboxylic acids is 1. The van der Waals surface area contributed by atoms with E-state index in [0.717, 1.165) is 5.56 Å². The van der Waals surface area contributed by atoms with Gasteiger partial charge in [0.05, 0.1) is 24.9 Å². The Bertz CT molecular complexity index is 485. The van der Waals surface area contributed by atoms with E-state index >= 15 is 0 Å². The van der Waals surface area contributed by atoms with E-state index in [2.05, 4.69) is 15.3 Å². The number of amides is 1.